The van der Waals surface area contributed by atoms with Crippen molar-refractivity contribution in [2.45, 2.75) is 32.9 Å². The summed E-state index contributed by atoms with van der Waals surface area (Å²) in [7, 11) is 0. The Kier molecular flexibility index (Phi) is 4.72. The molecule has 104 valence electrons. The van der Waals surface area contributed by atoms with Crippen LogP contribution in [0.2, 0.25) is 5.02 Å². The molecule has 0 spiro atoms. The van der Waals surface area contributed by atoms with Crippen molar-refractivity contribution in [2.24, 2.45) is 0 Å². The SMILES string of the molecule is CC(C)(C)OC(=O)Nc1cc(Cl)ccc1C[N+](=O)[O-]. The summed E-state index contributed by atoms with van der Waals surface area (Å²) in [5.74, 6) is 0. The van der Waals surface area contributed by atoms with Gasteiger partial charge in [-0.15, -0.1) is 0 Å². The first-order chi connectivity index (χ1) is 8.67. The molecule has 6 nitrogen and oxygen atoms in total. The zero-order chi connectivity index (χ0) is 14.6. The summed E-state index contributed by atoms with van der Waals surface area (Å²) in [6.07, 6.45) is -0.681. The maximum absolute atomic E-state index is 11.6. The van der Waals surface area contributed by atoms with E-state index in [-0.39, 0.29) is 5.69 Å². The highest BCUT2D eigenvalue weighted by atomic mass is 35.5. The normalized spacial score (nSPS) is 10.9. The van der Waals surface area contributed by atoms with E-state index in [1.54, 1.807) is 20.8 Å². The lowest BCUT2D eigenvalue weighted by Crippen LogP contribution is -2.27. The molecule has 0 radical (unpaired) electrons. The molecule has 0 aliphatic heterocycles. The third-order valence-corrected chi connectivity index (χ3v) is 2.24. The summed E-state index contributed by atoms with van der Waals surface area (Å²) in [6, 6.07) is 4.48. The summed E-state index contributed by atoms with van der Waals surface area (Å²) in [4.78, 5) is 21.7. The van der Waals surface area contributed by atoms with Crippen molar-refractivity contribution in [3.05, 3.63) is 38.9 Å². The summed E-state index contributed by atoms with van der Waals surface area (Å²) < 4.78 is 5.08. The predicted octanol–water partition coefficient (Wildman–Crippen LogP) is 3.46. The Morgan fingerprint density at radius 3 is 2.63 bits per heavy atom. The second kappa shape index (κ2) is 5.88. The van der Waals surface area contributed by atoms with Crippen LogP contribution in [0.1, 0.15) is 26.3 Å². The maximum Gasteiger partial charge on any atom is 0.412 e. The fraction of sp³-hybridized carbons (Fsp3) is 0.417. The van der Waals surface area contributed by atoms with Crippen molar-refractivity contribution < 1.29 is 14.5 Å². The standard InChI is InChI=1S/C12H15ClN2O4/c1-12(2,3)19-11(16)14-10-6-9(13)5-4-8(10)7-15(17)18/h4-6H,7H2,1-3H3,(H,14,16). The van der Waals surface area contributed by atoms with E-state index in [9.17, 15) is 14.9 Å². The van der Waals surface area contributed by atoms with E-state index >= 15 is 0 Å². The maximum atomic E-state index is 11.6. The number of carbonyl (C=O) groups is 1. The minimum Gasteiger partial charge on any atom is -0.444 e. The van der Waals surface area contributed by atoms with E-state index in [1.807, 2.05) is 0 Å². The predicted molar refractivity (Wildman–Crippen MR) is 72.0 cm³/mol. The molecular formula is C12H15ClN2O4. The van der Waals surface area contributed by atoms with Gasteiger partial charge in [0.05, 0.1) is 5.69 Å². The number of anilines is 1. The van der Waals surface area contributed by atoms with Gasteiger partial charge in [-0.1, -0.05) is 11.6 Å². The van der Waals surface area contributed by atoms with E-state index in [2.05, 4.69) is 5.32 Å². The molecule has 0 bridgehead atoms. The Balaban J connectivity index is 2.89. The monoisotopic (exact) mass is 286 g/mol. The molecule has 0 saturated heterocycles. The minimum absolute atomic E-state index is 0.276. The van der Waals surface area contributed by atoms with Gasteiger partial charge in [0, 0.05) is 15.5 Å². The zero-order valence-electron chi connectivity index (χ0n) is 10.9. The second-order valence-electron chi connectivity index (χ2n) is 4.92. The number of rotatable bonds is 3. The topological polar surface area (TPSA) is 81.5 Å². The second-order valence-corrected chi connectivity index (χ2v) is 5.36. The van der Waals surface area contributed by atoms with Crippen LogP contribution in [-0.4, -0.2) is 16.6 Å². The van der Waals surface area contributed by atoms with Crippen LogP contribution in [-0.2, 0) is 11.3 Å². The van der Waals surface area contributed by atoms with Crippen LogP contribution >= 0.6 is 11.6 Å². The van der Waals surface area contributed by atoms with Crippen molar-refractivity contribution >= 4 is 23.4 Å². The van der Waals surface area contributed by atoms with Crippen LogP contribution < -0.4 is 5.32 Å². The third-order valence-electron chi connectivity index (χ3n) is 2.01. The minimum atomic E-state index is -0.681. The van der Waals surface area contributed by atoms with E-state index < -0.39 is 23.2 Å². The van der Waals surface area contributed by atoms with Crippen LogP contribution in [0.25, 0.3) is 0 Å². The van der Waals surface area contributed by atoms with Gasteiger partial charge in [-0.2, -0.15) is 0 Å². The first-order valence-corrected chi connectivity index (χ1v) is 5.95. The van der Waals surface area contributed by atoms with Gasteiger partial charge in [-0.25, -0.2) is 4.79 Å². The molecule has 19 heavy (non-hydrogen) atoms. The lowest BCUT2D eigenvalue weighted by Gasteiger charge is -2.20. The van der Waals surface area contributed by atoms with Crippen LogP contribution in [0.5, 0.6) is 0 Å². The Bertz CT molecular complexity index is 497. The molecule has 0 saturated carbocycles. The van der Waals surface area contributed by atoms with E-state index in [0.717, 1.165) is 0 Å². The molecule has 0 unspecified atom stereocenters. The molecule has 1 rings (SSSR count). The summed E-state index contributed by atoms with van der Waals surface area (Å²) in [6.45, 7) is 4.77. The molecule has 1 aromatic carbocycles. The third kappa shape index (κ3) is 5.56. The molecule has 0 aliphatic carbocycles. The van der Waals surface area contributed by atoms with Crippen molar-refractivity contribution in [1.29, 1.82) is 0 Å². The molecule has 0 aromatic heterocycles. The molecule has 0 aliphatic rings. The van der Waals surface area contributed by atoms with Crippen molar-refractivity contribution in [1.82, 2.24) is 0 Å². The number of carbonyl (C=O) groups excluding carboxylic acids is 1. The smallest absolute Gasteiger partial charge is 0.412 e. The Labute approximate surface area is 115 Å². The molecule has 1 amide bonds. The van der Waals surface area contributed by atoms with Gasteiger partial charge < -0.3 is 4.74 Å². The lowest BCUT2D eigenvalue weighted by molar-refractivity contribution is -0.496. The number of nitrogens with zero attached hydrogens (tertiary/aromatic N) is 1. The Morgan fingerprint density at radius 1 is 1.47 bits per heavy atom. The first kappa shape index (κ1) is 15.2. The average molecular weight is 287 g/mol. The van der Waals surface area contributed by atoms with Gasteiger partial charge in [-0.3, -0.25) is 15.4 Å². The number of nitrogens with one attached hydrogen (secondary N) is 1. The fourth-order valence-electron chi connectivity index (χ4n) is 1.36. The molecular weight excluding hydrogens is 272 g/mol. The number of hydrogen-bond acceptors (Lipinski definition) is 4. The number of nitro groups is 1. The van der Waals surface area contributed by atoms with Gasteiger partial charge in [0.25, 0.3) is 0 Å². The number of amides is 1. The van der Waals surface area contributed by atoms with Gasteiger partial charge in [0.1, 0.15) is 5.60 Å². The molecule has 0 fully saturated rings. The zero-order valence-corrected chi connectivity index (χ0v) is 11.7. The first-order valence-electron chi connectivity index (χ1n) is 5.57. The van der Waals surface area contributed by atoms with Gasteiger partial charge in [-0.05, 0) is 39.0 Å². The molecule has 1 N–H and O–H groups in total. The van der Waals surface area contributed by atoms with Gasteiger partial charge >= 0.3 is 6.09 Å². The van der Waals surface area contributed by atoms with Crippen LogP contribution in [0, 0.1) is 10.1 Å². The van der Waals surface area contributed by atoms with Gasteiger partial charge in [0.15, 0.2) is 0 Å². The highest BCUT2D eigenvalue weighted by molar-refractivity contribution is 6.31. The number of halogens is 1. The van der Waals surface area contributed by atoms with Gasteiger partial charge in [0.2, 0.25) is 6.54 Å². The number of benzene rings is 1. The average Bonchev–Trinajstić information content (AvgIpc) is 2.18. The molecule has 0 atom stereocenters. The van der Waals surface area contributed by atoms with E-state index in [4.69, 9.17) is 16.3 Å². The number of hydrogen-bond donors (Lipinski definition) is 1. The van der Waals surface area contributed by atoms with E-state index in [0.29, 0.717) is 10.6 Å². The van der Waals surface area contributed by atoms with E-state index in [1.165, 1.54) is 18.2 Å². The molecule has 7 heteroatoms. The van der Waals surface area contributed by atoms with Crippen molar-refractivity contribution in [3.63, 3.8) is 0 Å². The largest absolute Gasteiger partial charge is 0.444 e. The molecule has 0 heterocycles. The highest BCUT2D eigenvalue weighted by Gasteiger charge is 2.18. The summed E-state index contributed by atoms with van der Waals surface area (Å²) in [5.41, 5.74) is -0.00921. The van der Waals surface area contributed by atoms with Crippen molar-refractivity contribution in [2.75, 3.05) is 5.32 Å². The highest BCUT2D eigenvalue weighted by Crippen LogP contribution is 2.22. The number of ether oxygens (including phenoxy) is 1. The summed E-state index contributed by atoms with van der Waals surface area (Å²) in [5, 5.41) is 13.4. The lowest BCUT2D eigenvalue weighted by atomic mass is 10.2. The quantitative estimate of drug-likeness (QED) is 0.681. The molecule has 1 aromatic rings. The fourth-order valence-corrected chi connectivity index (χ4v) is 1.53. The van der Waals surface area contributed by atoms with Crippen LogP contribution in [0.15, 0.2) is 18.2 Å². The Morgan fingerprint density at radius 2 is 2.11 bits per heavy atom. The Hall–Kier alpha value is -1.82. The summed E-state index contributed by atoms with van der Waals surface area (Å²) >= 11 is 5.81. The van der Waals surface area contributed by atoms with Crippen LogP contribution in [0.4, 0.5) is 10.5 Å². The van der Waals surface area contributed by atoms with Crippen LogP contribution in [0.3, 0.4) is 0 Å². The van der Waals surface area contributed by atoms with Crippen molar-refractivity contribution in [3.8, 4) is 0 Å².